The van der Waals surface area contributed by atoms with E-state index in [0.717, 1.165) is 42.4 Å². The molecule has 28 heavy (non-hydrogen) atoms. The minimum absolute atomic E-state index is 0.193. The molecule has 0 aliphatic carbocycles. The van der Waals surface area contributed by atoms with E-state index in [0.29, 0.717) is 16.1 Å². The van der Waals surface area contributed by atoms with Crippen molar-refractivity contribution in [2.24, 2.45) is 0 Å². The Hall–Kier alpha value is -1.65. The lowest BCUT2D eigenvalue weighted by Gasteiger charge is -2.42. The summed E-state index contributed by atoms with van der Waals surface area (Å²) >= 11 is 18.7. The molecule has 0 bridgehead atoms. The number of anilines is 1. The van der Waals surface area contributed by atoms with Crippen LogP contribution in [0.15, 0.2) is 65.3 Å². The average Bonchev–Trinajstić information content (AvgIpc) is 3.21. The van der Waals surface area contributed by atoms with Crippen molar-refractivity contribution in [1.29, 1.82) is 0 Å². The molecule has 1 aromatic heterocycles. The summed E-state index contributed by atoms with van der Waals surface area (Å²) < 4.78 is 5.45. The highest BCUT2D eigenvalue weighted by molar-refractivity contribution is 6.36. The van der Waals surface area contributed by atoms with Crippen LogP contribution in [0.25, 0.3) is 0 Å². The van der Waals surface area contributed by atoms with Crippen molar-refractivity contribution in [1.82, 2.24) is 5.32 Å². The lowest BCUT2D eigenvalue weighted by molar-refractivity contribution is 0.346. The summed E-state index contributed by atoms with van der Waals surface area (Å²) in [6.07, 6.45) is 3.68. The maximum Gasteiger partial charge on any atom is 0.117 e. The molecule has 3 nitrogen and oxygen atoms in total. The number of hydrogen-bond acceptors (Lipinski definition) is 3. The molecule has 6 heteroatoms. The summed E-state index contributed by atoms with van der Waals surface area (Å²) in [6.45, 7) is 1.62. The Morgan fingerprint density at radius 2 is 1.79 bits per heavy atom. The summed E-state index contributed by atoms with van der Waals surface area (Å²) in [5, 5.41) is 5.69. The Kier molecular flexibility index (Phi) is 6.17. The van der Waals surface area contributed by atoms with E-state index in [1.54, 1.807) is 12.3 Å². The minimum atomic E-state index is 0.193. The van der Waals surface area contributed by atoms with Gasteiger partial charge >= 0.3 is 0 Å². The molecule has 2 atom stereocenters. The van der Waals surface area contributed by atoms with E-state index in [4.69, 9.17) is 39.2 Å². The first kappa shape index (κ1) is 19.7. The van der Waals surface area contributed by atoms with Crippen molar-refractivity contribution < 1.29 is 4.42 Å². The summed E-state index contributed by atoms with van der Waals surface area (Å²) in [7, 11) is 0. The Balaban J connectivity index is 1.58. The van der Waals surface area contributed by atoms with Crippen molar-refractivity contribution in [2.45, 2.75) is 31.5 Å². The maximum atomic E-state index is 6.53. The van der Waals surface area contributed by atoms with Crippen LogP contribution in [-0.2, 0) is 6.54 Å². The van der Waals surface area contributed by atoms with Gasteiger partial charge in [0, 0.05) is 22.6 Å². The lowest BCUT2D eigenvalue weighted by Crippen LogP contribution is -2.44. The highest BCUT2D eigenvalue weighted by Gasteiger charge is 2.30. The summed E-state index contributed by atoms with van der Waals surface area (Å²) in [6, 6.07) is 18.3. The van der Waals surface area contributed by atoms with Crippen molar-refractivity contribution in [3.8, 4) is 0 Å². The van der Waals surface area contributed by atoms with Gasteiger partial charge in [-0.05, 0) is 60.9 Å². The molecule has 3 aromatic rings. The van der Waals surface area contributed by atoms with E-state index in [1.165, 1.54) is 5.56 Å². The molecule has 1 aliphatic rings. The number of furan rings is 1. The van der Waals surface area contributed by atoms with Gasteiger partial charge in [-0.1, -0.05) is 46.9 Å². The number of nitrogens with zero attached hydrogens (tertiary/aromatic N) is 1. The van der Waals surface area contributed by atoms with Crippen molar-refractivity contribution in [2.75, 3.05) is 11.4 Å². The van der Waals surface area contributed by atoms with E-state index in [-0.39, 0.29) is 6.04 Å². The van der Waals surface area contributed by atoms with Gasteiger partial charge in [-0.15, -0.1) is 0 Å². The predicted molar refractivity (Wildman–Crippen MR) is 117 cm³/mol. The van der Waals surface area contributed by atoms with Crippen LogP contribution in [-0.4, -0.2) is 12.6 Å². The number of piperidine rings is 1. The van der Waals surface area contributed by atoms with Crippen LogP contribution in [0.1, 0.15) is 30.2 Å². The summed E-state index contributed by atoms with van der Waals surface area (Å²) in [4.78, 5) is 2.37. The van der Waals surface area contributed by atoms with Crippen LogP contribution in [0.4, 0.5) is 5.69 Å². The highest BCUT2D eigenvalue weighted by atomic mass is 35.5. The third kappa shape index (κ3) is 4.49. The SMILES string of the molecule is Clc1ccc(C2CC(NCc3ccco3)CCN2c2ccc(Cl)cc2Cl)cc1. The molecule has 1 N–H and O–H groups in total. The van der Waals surface area contributed by atoms with Crippen LogP contribution in [0.2, 0.25) is 15.1 Å². The van der Waals surface area contributed by atoms with Crippen LogP contribution < -0.4 is 10.2 Å². The normalized spacial score (nSPS) is 19.8. The van der Waals surface area contributed by atoms with E-state index in [1.807, 2.05) is 36.4 Å². The molecule has 2 aromatic carbocycles. The van der Waals surface area contributed by atoms with Crippen LogP contribution in [0.3, 0.4) is 0 Å². The van der Waals surface area contributed by atoms with Crippen LogP contribution in [0, 0.1) is 0 Å². The van der Waals surface area contributed by atoms with Gasteiger partial charge in [0.15, 0.2) is 0 Å². The molecule has 0 spiro atoms. The fourth-order valence-electron chi connectivity index (χ4n) is 3.81. The maximum absolute atomic E-state index is 6.53. The van der Waals surface area contributed by atoms with Gasteiger partial charge in [0.1, 0.15) is 5.76 Å². The zero-order chi connectivity index (χ0) is 19.5. The summed E-state index contributed by atoms with van der Waals surface area (Å²) in [5.41, 5.74) is 2.23. The third-order valence-corrected chi connectivity index (χ3v) is 6.01. The molecule has 1 fully saturated rings. The molecular formula is C22H21Cl3N2O. The number of halogens is 3. The smallest absolute Gasteiger partial charge is 0.117 e. The first-order valence-electron chi connectivity index (χ1n) is 9.33. The molecule has 4 rings (SSSR count). The van der Waals surface area contributed by atoms with E-state index in [2.05, 4.69) is 22.3 Å². The number of benzene rings is 2. The molecule has 0 radical (unpaired) electrons. The second kappa shape index (κ2) is 8.79. The zero-order valence-electron chi connectivity index (χ0n) is 15.2. The first-order chi connectivity index (χ1) is 13.6. The Bertz CT molecular complexity index is 912. The average molecular weight is 436 g/mol. The molecular weight excluding hydrogens is 415 g/mol. The summed E-state index contributed by atoms with van der Waals surface area (Å²) in [5.74, 6) is 0.950. The van der Waals surface area contributed by atoms with Gasteiger partial charge < -0.3 is 14.6 Å². The molecule has 1 saturated heterocycles. The largest absolute Gasteiger partial charge is 0.468 e. The second-order valence-corrected chi connectivity index (χ2v) is 8.32. The first-order valence-corrected chi connectivity index (χ1v) is 10.5. The zero-order valence-corrected chi connectivity index (χ0v) is 17.5. The molecule has 1 aliphatic heterocycles. The lowest BCUT2D eigenvalue weighted by atomic mass is 9.91. The van der Waals surface area contributed by atoms with E-state index in [9.17, 15) is 0 Å². The van der Waals surface area contributed by atoms with Crippen molar-refractivity contribution >= 4 is 40.5 Å². The van der Waals surface area contributed by atoms with Crippen LogP contribution >= 0.6 is 34.8 Å². The molecule has 2 heterocycles. The fraction of sp³-hybridized carbons (Fsp3) is 0.273. The number of hydrogen-bond donors (Lipinski definition) is 1. The van der Waals surface area contributed by atoms with Crippen molar-refractivity contribution in [3.63, 3.8) is 0 Å². The minimum Gasteiger partial charge on any atom is -0.468 e. The standard InChI is InChI=1S/C22H21Cl3N2O/c23-16-5-3-15(4-6-16)22-13-18(26-14-19-2-1-11-28-19)9-10-27(22)21-8-7-17(24)12-20(21)25/h1-8,11-12,18,22,26H,9-10,13-14H2. The van der Waals surface area contributed by atoms with Gasteiger partial charge in [-0.2, -0.15) is 0 Å². The Labute approximate surface area is 180 Å². The fourth-order valence-corrected chi connectivity index (χ4v) is 4.46. The molecule has 0 saturated carbocycles. The van der Waals surface area contributed by atoms with Gasteiger partial charge in [0.05, 0.1) is 29.6 Å². The predicted octanol–water partition coefficient (Wildman–Crippen LogP) is 6.74. The third-order valence-electron chi connectivity index (χ3n) is 5.22. The Morgan fingerprint density at radius 3 is 2.50 bits per heavy atom. The van der Waals surface area contributed by atoms with Gasteiger partial charge in [0.25, 0.3) is 0 Å². The van der Waals surface area contributed by atoms with Crippen molar-refractivity contribution in [3.05, 3.63) is 87.3 Å². The Morgan fingerprint density at radius 1 is 1.00 bits per heavy atom. The molecule has 2 unspecified atom stereocenters. The highest BCUT2D eigenvalue weighted by Crippen LogP contribution is 2.39. The molecule has 146 valence electrons. The molecule has 0 amide bonds. The number of nitrogens with one attached hydrogen (secondary N) is 1. The van der Waals surface area contributed by atoms with Crippen LogP contribution in [0.5, 0.6) is 0 Å². The van der Waals surface area contributed by atoms with E-state index < -0.39 is 0 Å². The quantitative estimate of drug-likeness (QED) is 0.481. The van der Waals surface area contributed by atoms with Gasteiger partial charge in [-0.25, -0.2) is 0 Å². The monoisotopic (exact) mass is 434 g/mol. The number of rotatable bonds is 5. The van der Waals surface area contributed by atoms with Gasteiger partial charge in [-0.3, -0.25) is 0 Å². The van der Waals surface area contributed by atoms with Gasteiger partial charge in [0.2, 0.25) is 0 Å². The second-order valence-electron chi connectivity index (χ2n) is 7.04. The van der Waals surface area contributed by atoms with E-state index >= 15 is 0 Å². The topological polar surface area (TPSA) is 28.4 Å².